The molecule has 1 aliphatic rings. The molecule has 5 nitrogen and oxygen atoms in total. The van der Waals surface area contributed by atoms with E-state index in [1.54, 1.807) is 24.0 Å². The van der Waals surface area contributed by atoms with Gasteiger partial charge in [-0.1, -0.05) is 12.1 Å². The maximum absolute atomic E-state index is 13.8. The van der Waals surface area contributed by atoms with Crippen LogP contribution in [0.1, 0.15) is 16.4 Å². The molecule has 0 spiro atoms. The Labute approximate surface area is 122 Å². The van der Waals surface area contributed by atoms with Crippen LogP contribution in [-0.2, 0) is 0 Å². The van der Waals surface area contributed by atoms with Crippen molar-refractivity contribution in [3.63, 3.8) is 0 Å². The van der Waals surface area contributed by atoms with Crippen LogP contribution in [0.3, 0.4) is 0 Å². The zero-order valence-corrected chi connectivity index (χ0v) is 11.8. The van der Waals surface area contributed by atoms with Gasteiger partial charge in [0.1, 0.15) is 12.1 Å². The monoisotopic (exact) mass is 289 g/mol. The van der Waals surface area contributed by atoms with Crippen molar-refractivity contribution in [1.82, 2.24) is 9.88 Å². The second-order valence-electron chi connectivity index (χ2n) is 4.98. The first kappa shape index (κ1) is 13.6. The van der Waals surface area contributed by atoms with Crippen LogP contribution < -0.4 is 4.90 Å². The minimum absolute atomic E-state index is 0.139. The van der Waals surface area contributed by atoms with Crippen LogP contribution in [0.15, 0.2) is 34.9 Å². The molecule has 2 heterocycles. The van der Waals surface area contributed by atoms with Crippen LogP contribution in [0.2, 0.25) is 0 Å². The lowest BCUT2D eigenvalue weighted by atomic mass is 10.2. The first-order valence-electron chi connectivity index (χ1n) is 6.86. The van der Waals surface area contributed by atoms with Crippen molar-refractivity contribution >= 4 is 11.6 Å². The third kappa shape index (κ3) is 2.74. The Morgan fingerprint density at radius 3 is 2.57 bits per heavy atom. The molecule has 1 aromatic carbocycles. The molecule has 1 aromatic heterocycles. The van der Waals surface area contributed by atoms with Gasteiger partial charge in [-0.2, -0.15) is 0 Å². The van der Waals surface area contributed by atoms with E-state index in [0.717, 1.165) is 0 Å². The second-order valence-corrected chi connectivity index (χ2v) is 4.98. The Kier molecular flexibility index (Phi) is 3.60. The van der Waals surface area contributed by atoms with Crippen molar-refractivity contribution in [1.29, 1.82) is 0 Å². The summed E-state index contributed by atoms with van der Waals surface area (Å²) in [7, 11) is 0. The number of oxazole rings is 1. The molecule has 0 N–H and O–H groups in total. The van der Waals surface area contributed by atoms with E-state index in [2.05, 4.69) is 4.98 Å². The number of halogens is 1. The fourth-order valence-corrected chi connectivity index (χ4v) is 2.48. The number of aromatic nitrogens is 1. The van der Waals surface area contributed by atoms with Gasteiger partial charge in [-0.15, -0.1) is 0 Å². The molecule has 1 aliphatic heterocycles. The van der Waals surface area contributed by atoms with Crippen molar-refractivity contribution in [2.45, 2.75) is 6.92 Å². The number of anilines is 1. The molecule has 0 atom stereocenters. The number of piperazine rings is 1. The lowest BCUT2D eigenvalue weighted by molar-refractivity contribution is 0.0740. The van der Waals surface area contributed by atoms with Crippen molar-refractivity contribution in [3.05, 3.63) is 47.9 Å². The second kappa shape index (κ2) is 5.55. The Morgan fingerprint density at radius 1 is 1.24 bits per heavy atom. The highest BCUT2D eigenvalue weighted by Gasteiger charge is 2.25. The molecule has 0 radical (unpaired) electrons. The van der Waals surface area contributed by atoms with Crippen LogP contribution in [0.4, 0.5) is 10.1 Å². The van der Waals surface area contributed by atoms with E-state index in [-0.39, 0.29) is 11.7 Å². The standard InChI is InChI=1S/C15H16FN3O2/c1-11-17-13(10-21-11)15(20)19-8-6-18(7-9-19)14-5-3-2-4-12(14)16/h2-5,10H,6-9H2,1H3. The molecular formula is C15H16FN3O2. The third-order valence-corrected chi connectivity index (χ3v) is 3.60. The lowest BCUT2D eigenvalue weighted by Gasteiger charge is -2.35. The number of aryl methyl sites for hydroxylation is 1. The summed E-state index contributed by atoms with van der Waals surface area (Å²) in [5.41, 5.74) is 0.911. The van der Waals surface area contributed by atoms with E-state index in [0.29, 0.717) is 43.5 Å². The largest absolute Gasteiger partial charge is 0.448 e. The highest BCUT2D eigenvalue weighted by atomic mass is 19.1. The predicted molar refractivity (Wildman–Crippen MR) is 75.8 cm³/mol. The van der Waals surface area contributed by atoms with Gasteiger partial charge in [0.05, 0.1) is 5.69 Å². The van der Waals surface area contributed by atoms with Crippen LogP contribution >= 0.6 is 0 Å². The van der Waals surface area contributed by atoms with Crippen LogP contribution in [0, 0.1) is 12.7 Å². The van der Waals surface area contributed by atoms with Gasteiger partial charge in [0.25, 0.3) is 5.91 Å². The van der Waals surface area contributed by atoms with Crippen LogP contribution in [-0.4, -0.2) is 42.0 Å². The minimum Gasteiger partial charge on any atom is -0.448 e. The number of benzene rings is 1. The molecular weight excluding hydrogens is 273 g/mol. The smallest absolute Gasteiger partial charge is 0.275 e. The summed E-state index contributed by atoms with van der Waals surface area (Å²) in [5.74, 6) is 0.104. The number of hydrogen-bond acceptors (Lipinski definition) is 4. The Hall–Kier alpha value is -2.37. The predicted octanol–water partition coefficient (Wildman–Crippen LogP) is 2.08. The molecule has 21 heavy (non-hydrogen) atoms. The van der Waals surface area contributed by atoms with E-state index >= 15 is 0 Å². The van der Waals surface area contributed by atoms with Gasteiger partial charge in [0.2, 0.25) is 0 Å². The number of hydrogen-bond donors (Lipinski definition) is 0. The molecule has 6 heteroatoms. The fraction of sp³-hybridized carbons (Fsp3) is 0.333. The molecule has 110 valence electrons. The number of para-hydroxylation sites is 1. The average Bonchev–Trinajstić information content (AvgIpc) is 2.94. The van der Waals surface area contributed by atoms with Crippen LogP contribution in [0.25, 0.3) is 0 Å². The number of nitrogens with zero attached hydrogens (tertiary/aromatic N) is 3. The Morgan fingerprint density at radius 2 is 1.95 bits per heavy atom. The lowest BCUT2D eigenvalue weighted by Crippen LogP contribution is -2.49. The normalized spacial score (nSPS) is 15.3. The Bertz CT molecular complexity index is 648. The average molecular weight is 289 g/mol. The minimum atomic E-state index is -0.232. The van der Waals surface area contributed by atoms with Crippen molar-refractivity contribution in [2.75, 3.05) is 31.1 Å². The third-order valence-electron chi connectivity index (χ3n) is 3.60. The summed E-state index contributed by atoms with van der Waals surface area (Å²) in [6.45, 7) is 3.98. The van der Waals surface area contributed by atoms with Gasteiger partial charge >= 0.3 is 0 Å². The molecule has 0 saturated carbocycles. The molecule has 1 amide bonds. The summed E-state index contributed by atoms with van der Waals surface area (Å²) in [5, 5.41) is 0. The molecule has 0 aliphatic carbocycles. The van der Waals surface area contributed by atoms with Crippen LogP contribution in [0.5, 0.6) is 0 Å². The molecule has 1 fully saturated rings. The van der Waals surface area contributed by atoms with Gasteiger partial charge in [0.15, 0.2) is 11.6 Å². The number of carbonyl (C=O) groups is 1. The van der Waals surface area contributed by atoms with Gasteiger partial charge < -0.3 is 14.2 Å². The Balaban J connectivity index is 1.65. The van der Waals surface area contributed by atoms with Gasteiger partial charge in [0, 0.05) is 33.1 Å². The first-order valence-corrected chi connectivity index (χ1v) is 6.86. The maximum atomic E-state index is 13.8. The van der Waals surface area contributed by atoms with Gasteiger partial charge in [-0.05, 0) is 12.1 Å². The zero-order valence-electron chi connectivity index (χ0n) is 11.8. The SMILES string of the molecule is Cc1nc(C(=O)N2CCN(c3ccccc3F)CC2)co1. The van der Waals surface area contributed by atoms with E-state index in [9.17, 15) is 9.18 Å². The van der Waals surface area contributed by atoms with E-state index < -0.39 is 0 Å². The summed E-state index contributed by atoms with van der Waals surface area (Å²) in [6, 6.07) is 6.69. The molecule has 0 unspecified atom stereocenters. The van der Waals surface area contributed by atoms with Crippen molar-refractivity contribution < 1.29 is 13.6 Å². The number of carbonyl (C=O) groups excluding carboxylic acids is 1. The van der Waals surface area contributed by atoms with Crippen molar-refractivity contribution in [2.24, 2.45) is 0 Å². The molecule has 0 bridgehead atoms. The number of amides is 1. The number of rotatable bonds is 2. The van der Waals surface area contributed by atoms with E-state index in [1.165, 1.54) is 12.3 Å². The zero-order chi connectivity index (χ0) is 14.8. The summed E-state index contributed by atoms with van der Waals surface area (Å²) < 4.78 is 18.8. The van der Waals surface area contributed by atoms with E-state index in [1.807, 2.05) is 11.0 Å². The highest BCUT2D eigenvalue weighted by molar-refractivity contribution is 5.92. The van der Waals surface area contributed by atoms with Gasteiger partial charge in [-0.25, -0.2) is 9.37 Å². The van der Waals surface area contributed by atoms with E-state index in [4.69, 9.17) is 4.42 Å². The first-order chi connectivity index (χ1) is 10.1. The van der Waals surface area contributed by atoms with Gasteiger partial charge in [-0.3, -0.25) is 4.79 Å². The summed E-state index contributed by atoms with van der Waals surface area (Å²) in [6.07, 6.45) is 1.38. The fourth-order valence-electron chi connectivity index (χ4n) is 2.48. The maximum Gasteiger partial charge on any atom is 0.275 e. The van der Waals surface area contributed by atoms with Crippen molar-refractivity contribution in [3.8, 4) is 0 Å². The topological polar surface area (TPSA) is 49.6 Å². The summed E-state index contributed by atoms with van der Waals surface area (Å²) >= 11 is 0. The highest BCUT2D eigenvalue weighted by Crippen LogP contribution is 2.20. The quantitative estimate of drug-likeness (QED) is 0.849. The summed E-state index contributed by atoms with van der Waals surface area (Å²) in [4.78, 5) is 19.9. The molecule has 3 rings (SSSR count). The molecule has 1 saturated heterocycles. The molecule has 2 aromatic rings.